The predicted octanol–water partition coefficient (Wildman–Crippen LogP) is 2.13. The van der Waals surface area contributed by atoms with E-state index in [0.29, 0.717) is 31.8 Å². The zero-order valence-corrected chi connectivity index (χ0v) is 17.6. The molecule has 1 atom stereocenters. The van der Waals surface area contributed by atoms with Crippen LogP contribution in [0.15, 0.2) is 34.9 Å². The Morgan fingerprint density at radius 1 is 1.15 bits per heavy atom. The van der Waals surface area contributed by atoms with Crippen LogP contribution in [-0.4, -0.2) is 72.4 Å². The lowest BCUT2D eigenvalue weighted by atomic mass is 10.2. The Balaban J connectivity index is 1.29. The SMILES string of the molecule is O=C(CCn1ccc2cc(Br)ccc21)N1CCN([C@@H]2CCS(=O)(=O)C2)CC1. The number of aryl methyl sites for hydroxylation is 1. The highest BCUT2D eigenvalue weighted by Gasteiger charge is 2.34. The smallest absolute Gasteiger partial charge is 0.224 e. The number of amides is 1. The summed E-state index contributed by atoms with van der Waals surface area (Å²) < 4.78 is 26.5. The van der Waals surface area contributed by atoms with Crippen LogP contribution in [0.4, 0.5) is 0 Å². The quantitative estimate of drug-likeness (QED) is 0.710. The van der Waals surface area contributed by atoms with Gasteiger partial charge in [-0.2, -0.15) is 0 Å². The molecule has 146 valence electrons. The maximum Gasteiger partial charge on any atom is 0.224 e. The minimum atomic E-state index is -2.86. The number of hydrogen-bond acceptors (Lipinski definition) is 4. The van der Waals surface area contributed by atoms with Gasteiger partial charge in [-0.1, -0.05) is 15.9 Å². The van der Waals surface area contributed by atoms with E-state index >= 15 is 0 Å². The summed E-state index contributed by atoms with van der Waals surface area (Å²) in [5.41, 5.74) is 1.14. The molecule has 0 unspecified atom stereocenters. The Morgan fingerprint density at radius 3 is 2.63 bits per heavy atom. The van der Waals surface area contributed by atoms with Crippen LogP contribution in [-0.2, 0) is 21.2 Å². The maximum absolute atomic E-state index is 12.6. The number of nitrogens with zero attached hydrogens (tertiary/aromatic N) is 3. The van der Waals surface area contributed by atoms with Gasteiger partial charge < -0.3 is 9.47 Å². The van der Waals surface area contributed by atoms with Crippen LogP contribution in [0.3, 0.4) is 0 Å². The molecule has 8 heteroatoms. The summed E-state index contributed by atoms with van der Waals surface area (Å²) in [6.07, 6.45) is 3.24. The molecule has 2 aliphatic heterocycles. The molecule has 0 radical (unpaired) electrons. The topological polar surface area (TPSA) is 62.6 Å². The molecule has 2 fully saturated rings. The maximum atomic E-state index is 12.6. The second-order valence-electron chi connectivity index (χ2n) is 7.44. The summed E-state index contributed by atoms with van der Waals surface area (Å²) in [5.74, 6) is 0.753. The number of hydrogen-bond donors (Lipinski definition) is 0. The highest BCUT2D eigenvalue weighted by Crippen LogP contribution is 2.22. The summed E-state index contributed by atoms with van der Waals surface area (Å²) in [5, 5.41) is 1.16. The van der Waals surface area contributed by atoms with Crippen LogP contribution in [0.1, 0.15) is 12.8 Å². The first-order valence-electron chi connectivity index (χ1n) is 9.38. The van der Waals surface area contributed by atoms with Crippen molar-refractivity contribution in [1.82, 2.24) is 14.4 Å². The van der Waals surface area contributed by atoms with E-state index in [4.69, 9.17) is 0 Å². The first-order chi connectivity index (χ1) is 12.9. The molecule has 2 aromatic rings. The average Bonchev–Trinajstić information content (AvgIpc) is 3.22. The molecule has 0 bridgehead atoms. The molecule has 1 amide bonds. The minimum Gasteiger partial charge on any atom is -0.347 e. The Hall–Kier alpha value is -1.38. The standard InChI is InChI=1S/C19H24BrN3O3S/c20-16-1-2-18-15(13-16)3-6-22(18)7-4-19(24)23-10-8-21(9-11-23)17-5-12-27(25,26)14-17/h1-3,6,13,17H,4-5,7-12,14H2/t17-/m1/s1. The third-order valence-corrected chi connectivity index (χ3v) is 7.93. The molecule has 1 aromatic heterocycles. The molecule has 27 heavy (non-hydrogen) atoms. The van der Waals surface area contributed by atoms with Gasteiger partial charge in [-0.15, -0.1) is 0 Å². The number of fused-ring (bicyclic) bond motifs is 1. The molecular formula is C19H24BrN3O3S. The van der Waals surface area contributed by atoms with Crippen molar-refractivity contribution < 1.29 is 13.2 Å². The van der Waals surface area contributed by atoms with Crippen molar-refractivity contribution >= 4 is 42.6 Å². The van der Waals surface area contributed by atoms with E-state index in [1.54, 1.807) is 0 Å². The highest BCUT2D eigenvalue weighted by atomic mass is 79.9. The zero-order chi connectivity index (χ0) is 19.0. The molecule has 6 nitrogen and oxygen atoms in total. The van der Waals surface area contributed by atoms with Gasteiger partial charge in [-0.05, 0) is 30.7 Å². The lowest BCUT2D eigenvalue weighted by molar-refractivity contribution is -0.133. The summed E-state index contributed by atoms with van der Waals surface area (Å²) in [6.45, 7) is 3.59. The lowest BCUT2D eigenvalue weighted by Gasteiger charge is -2.37. The second kappa shape index (κ2) is 7.56. The van der Waals surface area contributed by atoms with Crippen molar-refractivity contribution in [2.75, 3.05) is 37.7 Å². The molecule has 3 heterocycles. The average molecular weight is 454 g/mol. The van der Waals surface area contributed by atoms with Gasteiger partial charge in [0.25, 0.3) is 0 Å². The zero-order valence-electron chi connectivity index (χ0n) is 15.2. The van der Waals surface area contributed by atoms with E-state index in [9.17, 15) is 13.2 Å². The molecule has 0 N–H and O–H groups in total. The number of carbonyl (C=O) groups is 1. The fourth-order valence-electron chi connectivity index (χ4n) is 4.14. The number of benzene rings is 1. The van der Waals surface area contributed by atoms with Gasteiger partial charge in [0.05, 0.1) is 11.5 Å². The summed E-state index contributed by atoms with van der Waals surface area (Å²) >= 11 is 3.48. The van der Waals surface area contributed by atoms with Crippen LogP contribution in [0, 0.1) is 0 Å². The number of sulfone groups is 1. The third-order valence-electron chi connectivity index (χ3n) is 5.69. The molecule has 2 aliphatic rings. The first kappa shape index (κ1) is 19.0. The van der Waals surface area contributed by atoms with Crippen molar-refractivity contribution in [3.63, 3.8) is 0 Å². The largest absolute Gasteiger partial charge is 0.347 e. The number of aromatic nitrogens is 1. The van der Waals surface area contributed by atoms with Gasteiger partial charge >= 0.3 is 0 Å². The van der Waals surface area contributed by atoms with Crippen molar-refractivity contribution in [2.45, 2.75) is 25.4 Å². The number of carbonyl (C=O) groups excluding carboxylic acids is 1. The number of piperazine rings is 1. The highest BCUT2D eigenvalue weighted by molar-refractivity contribution is 9.10. The van der Waals surface area contributed by atoms with E-state index in [0.717, 1.165) is 34.9 Å². The van der Waals surface area contributed by atoms with Gasteiger partial charge in [-0.25, -0.2) is 8.42 Å². The van der Waals surface area contributed by atoms with Gasteiger partial charge in [-0.3, -0.25) is 9.69 Å². The molecule has 0 aliphatic carbocycles. The molecule has 2 saturated heterocycles. The van der Waals surface area contributed by atoms with Crippen molar-refractivity contribution in [3.8, 4) is 0 Å². The minimum absolute atomic E-state index is 0.137. The second-order valence-corrected chi connectivity index (χ2v) is 10.6. The van der Waals surface area contributed by atoms with E-state index in [2.05, 4.69) is 43.6 Å². The molecule has 1 aromatic carbocycles. The third kappa shape index (κ3) is 4.22. The van der Waals surface area contributed by atoms with Gasteiger partial charge in [0.15, 0.2) is 9.84 Å². The fraction of sp³-hybridized carbons (Fsp3) is 0.526. The monoisotopic (exact) mass is 453 g/mol. The van der Waals surface area contributed by atoms with Crippen LogP contribution in [0.25, 0.3) is 10.9 Å². The normalized spacial score (nSPS) is 23.1. The Bertz CT molecular complexity index is 948. The molecular weight excluding hydrogens is 430 g/mol. The van der Waals surface area contributed by atoms with Crippen molar-refractivity contribution in [2.24, 2.45) is 0 Å². The summed E-state index contributed by atoms with van der Waals surface area (Å²) in [6, 6.07) is 8.37. The Labute approximate surface area is 168 Å². The van der Waals surface area contributed by atoms with Gasteiger partial charge in [0, 0.05) is 66.8 Å². The van der Waals surface area contributed by atoms with E-state index in [1.807, 2.05) is 17.2 Å². The molecule has 4 rings (SSSR count). The van der Waals surface area contributed by atoms with Crippen LogP contribution >= 0.6 is 15.9 Å². The number of halogens is 1. The summed E-state index contributed by atoms with van der Waals surface area (Å²) in [7, 11) is -2.86. The lowest BCUT2D eigenvalue weighted by Crippen LogP contribution is -2.52. The predicted molar refractivity (Wildman–Crippen MR) is 109 cm³/mol. The van der Waals surface area contributed by atoms with Crippen LogP contribution in [0.2, 0.25) is 0 Å². The Morgan fingerprint density at radius 2 is 1.93 bits per heavy atom. The van der Waals surface area contributed by atoms with Crippen molar-refractivity contribution in [3.05, 3.63) is 34.9 Å². The van der Waals surface area contributed by atoms with E-state index in [-0.39, 0.29) is 17.7 Å². The molecule has 0 spiro atoms. The van der Waals surface area contributed by atoms with Crippen LogP contribution in [0.5, 0.6) is 0 Å². The fourth-order valence-corrected chi connectivity index (χ4v) is 6.28. The van der Waals surface area contributed by atoms with E-state index in [1.165, 1.54) is 0 Å². The number of rotatable bonds is 4. The van der Waals surface area contributed by atoms with Crippen molar-refractivity contribution in [1.29, 1.82) is 0 Å². The molecule has 0 saturated carbocycles. The summed E-state index contributed by atoms with van der Waals surface area (Å²) in [4.78, 5) is 16.8. The van der Waals surface area contributed by atoms with E-state index < -0.39 is 9.84 Å². The first-order valence-corrected chi connectivity index (χ1v) is 12.0. The van der Waals surface area contributed by atoms with Crippen LogP contribution < -0.4 is 0 Å². The Kier molecular flexibility index (Phi) is 5.31. The van der Waals surface area contributed by atoms with Gasteiger partial charge in [0.2, 0.25) is 5.91 Å². The van der Waals surface area contributed by atoms with Gasteiger partial charge in [0.1, 0.15) is 0 Å².